The van der Waals surface area contributed by atoms with Gasteiger partial charge in [0.2, 0.25) is 0 Å². The molecule has 0 atom stereocenters. The third kappa shape index (κ3) is 2.68. The Kier molecular flexibility index (Phi) is 4.30. The molecule has 0 bridgehead atoms. The Labute approximate surface area is 125 Å². The van der Waals surface area contributed by atoms with Crippen molar-refractivity contribution >= 4 is 40.8 Å². The topological polar surface area (TPSA) is 39.2 Å². The monoisotopic (exact) mass is 315 g/mol. The second kappa shape index (κ2) is 5.78. The first-order valence-electron chi connectivity index (χ1n) is 5.22. The van der Waals surface area contributed by atoms with Crippen LogP contribution in [0, 0.1) is 0 Å². The molecule has 0 saturated carbocycles. The summed E-state index contributed by atoms with van der Waals surface area (Å²) in [5, 5.41) is 0.853. The van der Waals surface area contributed by atoms with E-state index in [2.05, 4.69) is 4.98 Å². The summed E-state index contributed by atoms with van der Waals surface area (Å²) in [6.07, 6.45) is 3.03. The van der Waals surface area contributed by atoms with Crippen molar-refractivity contribution in [3.8, 4) is 11.1 Å². The minimum atomic E-state index is -0.473. The van der Waals surface area contributed by atoms with Crippen LogP contribution in [-0.2, 0) is 4.74 Å². The molecule has 0 saturated heterocycles. The maximum absolute atomic E-state index is 11.7. The zero-order valence-corrected chi connectivity index (χ0v) is 12.1. The van der Waals surface area contributed by atoms with E-state index in [1.165, 1.54) is 19.5 Å². The largest absolute Gasteiger partial charge is 0.465 e. The summed E-state index contributed by atoms with van der Waals surface area (Å²) in [5.41, 5.74) is 1.47. The average molecular weight is 317 g/mol. The van der Waals surface area contributed by atoms with Crippen molar-refractivity contribution < 1.29 is 9.53 Å². The van der Waals surface area contributed by atoms with Gasteiger partial charge in [-0.1, -0.05) is 40.9 Å². The number of esters is 1. The van der Waals surface area contributed by atoms with Crippen molar-refractivity contribution in [1.82, 2.24) is 4.98 Å². The maximum Gasteiger partial charge on any atom is 0.338 e. The molecule has 0 aliphatic carbocycles. The molecule has 1 aromatic carbocycles. The summed E-state index contributed by atoms with van der Waals surface area (Å²) in [5.74, 6) is -0.473. The van der Waals surface area contributed by atoms with E-state index < -0.39 is 5.97 Å². The van der Waals surface area contributed by atoms with E-state index in [0.717, 1.165) is 0 Å². The lowest BCUT2D eigenvalue weighted by Gasteiger charge is -2.10. The van der Waals surface area contributed by atoms with Crippen molar-refractivity contribution in [3.63, 3.8) is 0 Å². The number of carbonyl (C=O) groups is 1. The van der Waals surface area contributed by atoms with Gasteiger partial charge in [0.15, 0.2) is 0 Å². The predicted molar refractivity (Wildman–Crippen MR) is 76.0 cm³/mol. The molecule has 0 aliphatic rings. The summed E-state index contributed by atoms with van der Waals surface area (Å²) >= 11 is 18.0. The first-order chi connectivity index (χ1) is 9.06. The van der Waals surface area contributed by atoms with Crippen molar-refractivity contribution in [2.75, 3.05) is 7.11 Å². The highest BCUT2D eigenvalue weighted by atomic mass is 35.5. The summed E-state index contributed by atoms with van der Waals surface area (Å²) in [4.78, 5) is 15.7. The highest BCUT2D eigenvalue weighted by Crippen LogP contribution is 2.38. The summed E-state index contributed by atoms with van der Waals surface area (Å²) < 4.78 is 4.72. The van der Waals surface area contributed by atoms with E-state index in [1.54, 1.807) is 18.2 Å². The third-order valence-corrected chi connectivity index (χ3v) is 3.85. The Morgan fingerprint density at radius 3 is 2.53 bits per heavy atom. The zero-order chi connectivity index (χ0) is 14.0. The summed E-state index contributed by atoms with van der Waals surface area (Å²) in [6.45, 7) is 0. The van der Waals surface area contributed by atoms with Crippen molar-refractivity contribution in [2.24, 2.45) is 0 Å². The fourth-order valence-electron chi connectivity index (χ4n) is 1.63. The number of hydrogen-bond donors (Lipinski definition) is 0. The first kappa shape index (κ1) is 14.1. The average Bonchev–Trinajstić information content (AvgIpc) is 2.44. The van der Waals surface area contributed by atoms with Crippen molar-refractivity contribution in [1.29, 1.82) is 0 Å². The number of aromatic nitrogens is 1. The molecule has 0 N–H and O–H groups in total. The SMILES string of the molecule is COC(=O)c1ccncc1-c1ccc(Cl)c(Cl)c1Cl. The number of hydrogen-bond acceptors (Lipinski definition) is 3. The molecule has 3 nitrogen and oxygen atoms in total. The Morgan fingerprint density at radius 2 is 1.84 bits per heavy atom. The van der Waals surface area contributed by atoms with Gasteiger partial charge in [0.1, 0.15) is 0 Å². The van der Waals surface area contributed by atoms with Crippen molar-refractivity contribution in [3.05, 3.63) is 51.2 Å². The molecule has 19 heavy (non-hydrogen) atoms. The molecule has 0 fully saturated rings. The van der Waals surface area contributed by atoms with E-state index >= 15 is 0 Å². The quantitative estimate of drug-likeness (QED) is 0.605. The zero-order valence-electron chi connectivity index (χ0n) is 9.78. The number of benzene rings is 1. The van der Waals surface area contributed by atoms with E-state index in [9.17, 15) is 4.79 Å². The highest BCUT2D eigenvalue weighted by Gasteiger charge is 2.17. The number of pyridine rings is 1. The number of nitrogens with zero attached hydrogens (tertiary/aromatic N) is 1. The Hall–Kier alpha value is -1.29. The second-order valence-electron chi connectivity index (χ2n) is 3.64. The number of halogens is 3. The molecular formula is C13H8Cl3NO2. The normalized spacial score (nSPS) is 10.3. The number of methoxy groups -OCH3 is 1. The minimum Gasteiger partial charge on any atom is -0.465 e. The third-order valence-electron chi connectivity index (χ3n) is 2.55. The molecule has 2 aromatic rings. The van der Waals surface area contributed by atoms with Crippen LogP contribution in [0.2, 0.25) is 15.1 Å². The predicted octanol–water partition coefficient (Wildman–Crippen LogP) is 4.50. The lowest BCUT2D eigenvalue weighted by atomic mass is 10.0. The van der Waals surface area contributed by atoms with Gasteiger partial charge in [-0.05, 0) is 12.1 Å². The van der Waals surface area contributed by atoms with Gasteiger partial charge >= 0.3 is 5.97 Å². The van der Waals surface area contributed by atoms with Crippen LogP contribution in [0.3, 0.4) is 0 Å². The highest BCUT2D eigenvalue weighted by molar-refractivity contribution is 6.49. The molecular weight excluding hydrogens is 309 g/mol. The van der Waals surface area contributed by atoms with Crippen LogP contribution >= 0.6 is 34.8 Å². The molecule has 98 valence electrons. The second-order valence-corrected chi connectivity index (χ2v) is 4.80. The molecule has 0 amide bonds. The van der Waals surface area contributed by atoms with Crippen molar-refractivity contribution in [2.45, 2.75) is 0 Å². The Bertz CT molecular complexity index is 644. The molecule has 0 radical (unpaired) electrons. The van der Waals surface area contributed by atoms with Gasteiger partial charge in [-0.2, -0.15) is 0 Å². The van der Waals surface area contributed by atoms with Crippen LogP contribution < -0.4 is 0 Å². The maximum atomic E-state index is 11.7. The molecule has 1 heterocycles. The van der Waals surface area contributed by atoms with E-state index in [4.69, 9.17) is 39.5 Å². The summed E-state index contributed by atoms with van der Waals surface area (Å²) in [6, 6.07) is 4.85. The van der Waals surface area contributed by atoms with Crippen LogP contribution in [0.1, 0.15) is 10.4 Å². The fraction of sp³-hybridized carbons (Fsp3) is 0.0769. The van der Waals surface area contributed by atoms with E-state index in [-0.39, 0.29) is 10.0 Å². The van der Waals surface area contributed by atoms with E-state index in [1.807, 2.05) is 0 Å². The van der Waals surface area contributed by atoms with Gasteiger partial charge in [-0.15, -0.1) is 0 Å². The van der Waals surface area contributed by atoms with Crippen LogP contribution in [0.4, 0.5) is 0 Å². The van der Waals surface area contributed by atoms with Crippen LogP contribution in [0.5, 0.6) is 0 Å². The Balaban J connectivity index is 2.66. The molecule has 6 heteroatoms. The lowest BCUT2D eigenvalue weighted by molar-refractivity contribution is 0.0601. The minimum absolute atomic E-state index is 0.237. The molecule has 0 unspecified atom stereocenters. The van der Waals surface area contributed by atoms with E-state index in [0.29, 0.717) is 21.7 Å². The van der Waals surface area contributed by atoms with Gasteiger partial charge in [0, 0.05) is 23.5 Å². The van der Waals surface area contributed by atoms with Gasteiger partial charge in [-0.3, -0.25) is 4.98 Å². The number of ether oxygens (including phenoxy) is 1. The standard InChI is InChI=1S/C13H8Cl3NO2/c1-19-13(18)8-4-5-17-6-9(8)7-2-3-10(14)12(16)11(7)15/h2-6H,1H3. The van der Waals surface area contributed by atoms with Crippen LogP contribution in [0.25, 0.3) is 11.1 Å². The fourth-order valence-corrected chi connectivity index (χ4v) is 2.27. The molecule has 0 spiro atoms. The Morgan fingerprint density at radius 1 is 1.11 bits per heavy atom. The van der Waals surface area contributed by atoms with Gasteiger partial charge in [0.05, 0.1) is 27.7 Å². The van der Waals surface area contributed by atoms with Gasteiger partial charge in [-0.25, -0.2) is 4.79 Å². The number of carbonyl (C=O) groups excluding carboxylic acids is 1. The smallest absolute Gasteiger partial charge is 0.338 e. The molecule has 1 aromatic heterocycles. The van der Waals surface area contributed by atoms with Gasteiger partial charge < -0.3 is 4.74 Å². The summed E-state index contributed by atoms with van der Waals surface area (Å²) in [7, 11) is 1.31. The first-order valence-corrected chi connectivity index (χ1v) is 6.36. The number of rotatable bonds is 2. The molecule has 2 rings (SSSR count). The van der Waals surface area contributed by atoms with Gasteiger partial charge in [0.25, 0.3) is 0 Å². The molecule has 0 aliphatic heterocycles. The van der Waals surface area contributed by atoms with Crippen LogP contribution in [0.15, 0.2) is 30.6 Å². The van der Waals surface area contributed by atoms with Crippen LogP contribution in [-0.4, -0.2) is 18.1 Å². The lowest BCUT2D eigenvalue weighted by Crippen LogP contribution is -2.04.